The molecule has 1 heterocycles. The quantitative estimate of drug-likeness (QED) is 0.409. The normalized spacial score (nSPS) is 21.9. The Bertz CT molecular complexity index is 757. The van der Waals surface area contributed by atoms with Crippen LogP contribution in [0.5, 0.6) is 5.75 Å². The van der Waals surface area contributed by atoms with Crippen molar-refractivity contribution in [3.05, 3.63) is 29.8 Å². The second-order valence-electron chi connectivity index (χ2n) is 7.10. The van der Waals surface area contributed by atoms with Crippen LogP contribution < -0.4 is 20.1 Å². The number of guanidine groups is 1. The summed E-state index contributed by atoms with van der Waals surface area (Å²) in [4.78, 5) is 4.28. The van der Waals surface area contributed by atoms with Gasteiger partial charge in [-0.25, -0.2) is 13.1 Å². The van der Waals surface area contributed by atoms with Crippen molar-refractivity contribution in [2.75, 3.05) is 26.4 Å². The second kappa shape index (κ2) is 7.84. The molecule has 0 saturated heterocycles. The van der Waals surface area contributed by atoms with Crippen LogP contribution in [0, 0.1) is 0 Å². The fourth-order valence-corrected chi connectivity index (χ4v) is 4.32. The van der Waals surface area contributed by atoms with Crippen LogP contribution in [0.15, 0.2) is 29.3 Å². The third-order valence-corrected chi connectivity index (χ3v) is 5.76. The van der Waals surface area contributed by atoms with Crippen molar-refractivity contribution in [3.8, 4) is 5.75 Å². The van der Waals surface area contributed by atoms with Gasteiger partial charge in [-0.1, -0.05) is 18.2 Å². The van der Waals surface area contributed by atoms with Gasteiger partial charge in [-0.3, -0.25) is 4.99 Å². The highest BCUT2D eigenvalue weighted by Gasteiger charge is 2.43. The van der Waals surface area contributed by atoms with Gasteiger partial charge in [-0.2, -0.15) is 0 Å². The number of aliphatic imine (C=N–C) groups is 1. The van der Waals surface area contributed by atoms with Crippen molar-refractivity contribution in [2.24, 2.45) is 4.99 Å². The molecule has 1 aromatic carbocycles. The highest BCUT2D eigenvalue weighted by molar-refractivity contribution is 7.88. The first kappa shape index (κ1) is 19.0. The predicted octanol–water partition coefficient (Wildman–Crippen LogP) is 1.54. The molecule has 1 unspecified atom stereocenters. The zero-order valence-corrected chi connectivity index (χ0v) is 16.2. The van der Waals surface area contributed by atoms with Gasteiger partial charge < -0.3 is 15.4 Å². The van der Waals surface area contributed by atoms with E-state index < -0.39 is 10.0 Å². The lowest BCUT2D eigenvalue weighted by Gasteiger charge is -2.40. The van der Waals surface area contributed by atoms with E-state index in [4.69, 9.17) is 4.74 Å². The lowest BCUT2D eigenvalue weighted by Crippen LogP contribution is -2.47. The lowest BCUT2D eigenvalue weighted by atomic mass is 9.86. The van der Waals surface area contributed by atoms with Crippen molar-refractivity contribution >= 4 is 16.0 Å². The summed E-state index contributed by atoms with van der Waals surface area (Å²) < 4.78 is 31.1. The Morgan fingerprint density at radius 3 is 2.69 bits per heavy atom. The number of hydrogen-bond donors (Lipinski definition) is 3. The van der Waals surface area contributed by atoms with Crippen molar-refractivity contribution in [1.29, 1.82) is 0 Å². The SMILES string of the molecule is CN=C(NCCNS(C)(=O)=O)NC1CC2(CCCC2)Oc2ccccc21. The van der Waals surface area contributed by atoms with Gasteiger partial charge in [0.05, 0.1) is 12.3 Å². The molecule has 1 spiro atoms. The first-order valence-corrected chi connectivity index (χ1v) is 11.0. The van der Waals surface area contributed by atoms with Gasteiger partial charge in [0.2, 0.25) is 10.0 Å². The summed E-state index contributed by atoms with van der Waals surface area (Å²) in [5.74, 6) is 1.61. The summed E-state index contributed by atoms with van der Waals surface area (Å²) in [6, 6.07) is 8.28. The maximum absolute atomic E-state index is 11.1. The minimum Gasteiger partial charge on any atom is -0.487 e. The van der Waals surface area contributed by atoms with Gasteiger partial charge in [0.1, 0.15) is 11.4 Å². The zero-order chi connectivity index (χ0) is 18.6. The summed E-state index contributed by atoms with van der Waals surface area (Å²) in [7, 11) is -1.46. The Morgan fingerprint density at radius 2 is 2.00 bits per heavy atom. The molecule has 1 atom stereocenters. The Labute approximate surface area is 155 Å². The molecule has 3 rings (SSSR count). The molecule has 1 saturated carbocycles. The van der Waals surface area contributed by atoms with Crippen molar-refractivity contribution in [2.45, 2.75) is 43.7 Å². The number of fused-ring (bicyclic) bond motifs is 1. The summed E-state index contributed by atoms with van der Waals surface area (Å²) >= 11 is 0. The predicted molar refractivity (Wildman–Crippen MR) is 103 cm³/mol. The van der Waals surface area contributed by atoms with Gasteiger partial charge in [-0.15, -0.1) is 0 Å². The fraction of sp³-hybridized carbons (Fsp3) is 0.611. The van der Waals surface area contributed by atoms with Crippen molar-refractivity contribution < 1.29 is 13.2 Å². The van der Waals surface area contributed by atoms with E-state index in [9.17, 15) is 8.42 Å². The van der Waals surface area contributed by atoms with Gasteiger partial charge in [0.15, 0.2) is 5.96 Å². The molecule has 0 amide bonds. The Kier molecular flexibility index (Phi) is 5.72. The lowest BCUT2D eigenvalue weighted by molar-refractivity contribution is 0.0396. The zero-order valence-electron chi connectivity index (χ0n) is 15.4. The standard InChI is InChI=1S/C18H28N4O3S/c1-19-17(20-11-12-21-26(2,23)24)22-15-13-18(9-5-6-10-18)25-16-8-4-3-7-14(15)16/h3-4,7-8,15,21H,5-6,9-13H2,1-2H3,(H2,19,20,22). The molecule has 0 bridgehead atoms. The first-order chi connectivity index (χ1) is 12.4. The topological polar surface area (TPSA) is 91.8 Å². The third-order valence-electron chi connectivity index (χ3n) is 5.03. The number of benzene rings is 1. The van der Waals surface area contributed by atoms with E-state index in [0.29, 0.717) is 19.0 Å². The number of ether oxygens (including phenoxy) is 1. The van der Waals surface area contributed by atoms with E-state index in [1.165, 1.54) is 12.8 Å². The number of hydrogen-bond acceptors (Lipinski definition) is 4. The van der Waals surface area contributed by atoms with Crippen molar-refractivity contribution in [3.63, 3.8) is 0 Å². The highest BCUT2D eigenvalue weighted by atomic mass is 32.2. The van der Waals surface area contributed by atoms with Crippen LogP contribution in [-0.4, -0.2) is 46.4 Å². The third kappa shape index (κ3) is 4.67. The summed E-state index contributed by atoms with van der Waals surface area (Å²) in [6.07, 6.45) is 6.65. The van der Waals surface area contributed by atoms with Crippen LogP contribution in [0.1, 0.15) is 43.7 Å². The summed E-state index contributed by atoms with van der Waals surface area (Å²) in [6.45, 7) is 0.774. The van der Waals surface area contributed by atoms with E-state index >= 15 is 0 Å². The molecule has 3 N–H and O–H groups in total. The minimum absolute atomic E-state index is 0.0806. The molecular weight excluding hydrogens is 352 g/mol. The largest absolute Gasteiger partial charge is 0.487 e. The van der Waals surface area contributed by atoms with Crippen LogP contribution in [0.4, 0.5) is 0 Å². The van der Waals surface area contributed by atoms with E-state index in [-0.39, 0.29) is 11.6 Å². The molecule has 1 fully saturated rings. The maximum atomic E-state index is 11.1. The number of nitrogens with one attached hydrogen (secondary N) is 3. The Morgan fingerprint density at radius 1 is 1.27 bits per heavy atom. The van der Waals surface area contributed by atoms with Crippen LogP contribution in [0.3, 0.4) is 0 Å². The average Bonchev–Trinajstić information content (AvgIpc) is 3.04. The van der Waals surface area contributed by atoms with E-state index in [1.54, 1.807) is 7.05 Å². The fourth-order valence-electron chi connectivity index (χ4n) is 3.85. The molecule has 1 aliphatic heterocycles. The molecule has 0 aromatic heterocycles. The molecule has 144 valence electrons. The summed E-state index contributed by atoms with van der Waals surface area (Å²) in [5, 5.41) is 6.66. The molecule has 1 aliphatic carbocycles. The van der Waals surface area contributed by atoms with Crippen molar-refractivity contribution in [1.82, 2.24) is 15.4 Å². The van der Waals surface area contributed by atoms with Crippen LogP contribution in [0.25, 0.3) is 0 Å². The number of nitrogens with zero attached hydrogens (tertiary/aromatic N) is 1. The van der Waals surface area contributed by atoms with Crippen LogP contribution in [0.2, 0.25) is 0 Å². The minimum atomic E-state index is -3.18. The molecule has 0 radical (unpaired) electrons. The first-order valence-electron chi connectivity index (χ1n) is 9.11. The second-order valence-corrected chi connectivity index (χ2v) is 8.93. The highest BCUT2D eigenvalue weighted by Crippen LogP contribution is 2.46. The van der Waals surface area contributed by atoms with Gasteiger partial charge in [0.25, 0.3) is 0 Å². The van der Waals surface area contributed by atoms with E-state index in [2.05, 4.69) is 26.4 Å². The van der Waals surface area contributed by atoms with Crippen LogP contribution >= 0.6 is 0 Å². The van der Waals surface area contributed by atoms with E-state index in [0.717, 1.165) is 36.8 Å². The number of rotatable bonds is 5. The Balaban J connectivity index is 1.66. The van der Waals surface area contributed by atoms with Gasteiger partial charge >= 0.3 is 0 Å². The molecule has 7 nitrogen and oxygen atoms in total. The molecule has 26 heavy (non-hydrogen) atoms. The van der Waals surface area contributed by atoms with Gasteiger partial charge in [-0.05, 0) is 31.7 Å². The monoisotopic (exact) mass is 380 g/mol. The number of sulfonamides is 1. The Hall–Kier alpha value is -1.80. The molecular formula is C18H28N4O3S. The smallest absolute Gasteiger partial charge is 0.208 e. The average molecular weight is 381 g/mol. The van der Waals surface area contributed by atoms with E-state index in [1.807, 2.05) is 18.2 Å². The summed E-state index contributed by atoms with van der Waals surface area (Å²) in [5.41, 5.74) is 1.06. The maximum Gasteiger partial charge on any atom is 0.208 e. The van der Waals surface area contributed by atoms with Crippen LogP contribution in [-0.2, 0) is 10.0 Å². The molecule has 2 aliphatic rings. The number of para-hydroxylation sites is 1. The molecule has 1 aromatic rings. The molecule has 8 heteroatoms. The van der Waals surface area contributed by atoms with Gasteiger partial charge in [0, 0.05) is 32.1 Å².